The first-order chi connectivity index (χ1) is 6.34. The van der Waals surface area contributed by atoms with E-state index in [2.05, 4.69) is 4.98 Å². The molecule has 1 aromatic rings. The van der Waals surface area contributed by atoms with Crippen molar-refractivity contribution in [2.45, 2.75) is 12.5 Å². The Bertz CT molecular complexity index is 287. The molecule has 0 bridgehead atoms. The van der Waals surface area contributed by atoms with Crippen molar-refractivity contribution in [1.29, 1.82) is 0 Å². The lowest BCUT2D eigenvalue weighted by Gasteiger charge is -2.09. The highest BCUT2D eigenvalue weighted by atomic mass is 35.5. The van der Waals surface area contributed by atoms with E-state index in [1.165, 1.54) is 0 Å². The molecule has 1 aliphatic heterocycles. The van der Waals surface area contributed by atoms with Crippen molar-refractivity contribution in [3.63, 3.8) is 0 Å². The normalized spacial score (nSPS) is 21.8. The van der Waals surface area contributed by atoms with E-state index in [0.29, 0.717) is 17.6 Å². The maximum Gasteiger partial charge on any atom is 0.214 e. The van der Waals surface area contributed by atoms with Crippen molar-refractivity contribution in [1.82, 2.24) is 4.98 Å². The molecule has 1 unspecified atom stereocenters. The fraction of sp³-hybridized carbons (Fsp3) is 0.444. The molecule has 0 amide bonds. The van der Waals surface area contributed by atoms with Gasteiger partial charge in [0.2, 0.25) is 5.88 Å². The fourth-order valence-corrected chi connectivity index (χ4v) is 1.39. The highest BCUT2D eigenvalue weighted by molar-refractivity contribution is 6.29. The summed E-state index contributed by atoms with van der Waals surface area (Å²) in [6.07, 6.45) is 1.06. The molecule has 0 N–H and O–H groups in total. The summed E-state index contributed by atoms with van der Waals surface area (Å²) in [6.45, 7) is 1.42. The zero-order chi connectivity index (χ0) is 9.10. The van der Waals surface area contributed by atoms with Gasteiger partial charge in [-0.05, 0) is 6.07 Å². The lowest BCUT2D eigenvalue weighted by Crippen LogP contribution is -2.16. The minimum absolute atomic E-state index is 0.131. The van der Waals surface area contributed by atoms with E-state index in [-0.39, 0.29) is 6.10 Å². The Kier molecular flexibility index (Phi) is 2.66. The maximum absolute atomic E-state index is 5.71. The van der Waals surface area contributed by atoms with Crippen LogP contribution in [0.3, 0.4) is 0 Å². The van der Waals surface area contributed by atoms with Crippen LogP contribution in [0.1, 0.15) is 6.42 Å². The topological polar surface area (TPSA) is 31.4 Å². The SMILES string of the molecule is Clc1cccc(OC2CCOC2)n1. The molecule has 1 aromatic heterocycles. The van der Waals surface area contributed by atoms with Gasteiger partial charge in [-0.25, -0.2) is 4.98 Å². The predicted molar refractivity (Wildman–Crippen MR) is 49.1 cm³/mol. The standard InChI is InChI=1S/C9H10ClNO2/c10-8-2-1-3-9(11-8)13-7-4-5-12-6-7/h1-3,7H,4-6H2. The Morgan fingerprint density at radius 1 is 1.54 bits per heavy atom. The average Bonchev–Trinajstić information content (AvgIpc) is 2.57. The second kappa shape index (κ2) is 3.94. The molecule has 70 valence electrons. The summed E-state index contributed by atoms with van der Waals surface area (Å²) < 4.78 is 10.7. The Morgan fingerprint density at radius 3 is 3.15 bits per heavy atom. The molecular weight excluding hydrogens is 190 g/mol. The van der Waals surface area contributed by atoms with Gasteiger partial charge in [0.15, 0.2) is 0 Å². The molecule has 1 atom stereocenters. The second-order valence-corrected chi connectivity index (χ2v) is 3.29. The Balaban J connectivity index is 2.00. The summed E-state index contributed by atoms with van der Waals surface area (Å²) in [5.74, 6) is 0.572. The lowest BCUT2D eigenvalue weighted by molar-refractivity contribution is 0.138. The number of nitrogens with zero attached hydrogens (tertiary/aromatic N) is 1. The van der Waals surface area contributed by atoms with Gasteiger partial charge in [0.25, 0.3) is 0 Å². The van der Waals surface area contributed by atoms with Crippen molar-refractivity contribution < 1.29 is 9.47 Å². The molecule has 3 nitrogen and oxygen atoms in total. The molecule has 0 aromatic carbocycles. The third kappa shape index (κ3) is 2.32. The quantitative estimate of drug-likeness (QED) is 0.682. The van der Waals surface area contributed by atoms with Gasteiger partial charge in [-0.15, -0.1) is 0 Å². The Hall–Kier alpha value is -0.800. The summed E-state index contributed by atoms with van der Waals surface area (Å²) in [5.41, 5.74) is 0. The fourth-order valence-electron chi connectivity index (χ4n) is 1.23. The maximum atomic E-state index is 5.71. The molecule has 0 aliphatic carbocycles. The highest BCUT2D eigenvalue weighted by Crippen LogP contribution is 2.16. The molecule has 1 saturated heterocycles. The van der Waals surface area contributed by atoms with Crippen LogP contribution in [0, 0.1) is 0 Å². The van der Waals surface area contributed by atoms with Gasteiger partial charge in [0.05, 0.1) is 13.2 Å². The Labute approximate surface area is 81.6 Å². The lowest BCUT2D eigenvalue weighted by atomic mass is 10.3. The third-order valence-corrected chi connectivity index (χ3v) is 2.08. The molecule has 1 aliphatic rings. The van der Waals surface area contributed by atoms with Gasteiger partial charge in [-0.3, -0.25) is 0 Å². The van der Waals surface area contributed by atoms with E-state index in [0.717, 1.165) is 13.0 Å². The van der Waals surface area contributed by atoms with E-state index in [4.69, 9.17) is 21.1 Å². The number of ether oxygens (including phenoxy) is 2. The molecule has 4 heteroatoms. The monoisotopic (exact) mass is 199 g/mol. The van der Waals surface area contributed by atoms with E-state index < -0.39 is 0 Å². The number of pyridine rings is 1. The first-order valence-electron chi connectivity index (χ1n) is 4.21. The molecule has 1 fully saturated rings. The van der Waals surface area contributed by atoms with Crippen LogP contribution in [0.15, 0.2) is 18.2 Å². The van der Waals surface area contributed by atoms with Crippen LogP contribution in [-0.2, 0) is 4.74 Å². The minimum atomic E-state index is 0.131. The van der Waals surface area contributed by atoms with Crippen molar-refractivity contribution in [2.24, 2.45) is 0 Å². The second-order valence-electron chi connectivity index (χ2n) is 2.90. The van der Waals surface area contributed by atoms with Crippen molar-refractivity contribution in [3.05, 3.63) is 23.4 Å². The van der Waals surface area contributed by atoms with Crippen LogP contribution in [0.2, 0.25) is 5.15 Å². The minimum Gasteiger partial charge on any atom is -0.472 e. The van der Waals surface area contributed by atoms with Crippen LogP contribution >= 0.6 is 11.6 Å². The van der Waals surface area contributed by atoms with Gasteiger partial charge in [0.1, 0.15) is 11.3 Å². The Morgan fingerprint density at radius 2 is 2.46 bits per heavy atom. The van der Waals surface area contributed by atoms with Gasteiger partial charge in [-0.2, -0.15) is 0 Å². The van der Waals surface area contributed by atoms with Crippen molar-refractivity contribution in [3.8, 4) is 5.88 Å². The number of aromatic nitrogens is 1. The smallest absolute Gasteiger partial charge is 0.214 e. The first-order valence-corrected chi connectivity index (χ1v) is 4.59. The van der Waals surface area contributed by atoms with Gasteiger partial charge < -0.3 is 9.47 Å². The number of hydrogen-bond donors (Lipinski definition) is 0. The average molecular weight is 200 g/mol. The summed E-state index contributed by atoms with van der Waals surface area (Å²) in [7, 11) is 0. The number of halogens is 1. The summed E-state index contributed by atoms with van der Waals surface area (Å²) in [5, 5.41) is 0.455. The molecular formula is C9H10ClNO2. The van der Waals surface area contributed by atoms with Crippen LogP contribution in [-0.4, -0.2) is 24.3 Å². The predicted octanol–water partition coefficient (Wildman–Crippen LogP) is 1.90. The van der Waals surface area contributed by atoms with E-state index in [9.17, 15) is 0 Å². The zero-order valence-corrected chi connectivity index (χ0v) is 7.83. The molecule has 2 heterocycles. The molecule has 0 spiro atoms. The van der Waals surface area contributed by atoms with E-state index in [1.807, 2.05) is 6.07 Å². The summed E-state index contributed by atoms with van der Waals surface area (Å²) >= 11 is 5.71. The van der Waals surface area contributed by atoms with Crippen LogP contribution < -0.4 is 4.74 Å². The van der Waals surface area contributed by atoms with Gasteiger partial charge >= 0.3 is 0 Å². The highest BCUT2D eigenvalue weighted by Gasteiger charge is 2.17. The van der Waals surface area contributed by atoms with Crippen LogP contribution in [0.25, 0.3) is 0 Å². The third-order valence-electron chi connectivity index (χ3n) is 1.86. The summed E-state index contributed by atoms with van der Waals surface area (Å²) in [4.78, 5) is 4.02. The van der Waals surface area contributed by atoms with Gasteiger partial charge in [0, 0.05) is 12.5 Å². The number of rotatable bonds is 2. The molecule has 0 radical (unpaired) electrons. The largest absolute Gasteiger partial charge is 0.472 e. The molecule has 13 heavy (non-hydrogen) atoms. The number of hydrogen-bond acceptors (Lipinski definition) is 3. The van der Waals surface area contributed by atoms with E-state index in [1.54, 1.807) is 12.1 Å². The van der Waals surface area contributed by atoms with Crippen LogP contribution in [0.5, 0.6) is 5.88 Å². The van der Waals surface area contributed by atoms with Crippen LogP contribution in [0.4, 0.5) is 0 Å². The van der Waals surface area contributed by atoms with E-state index >= 15 is 0 Å². The van der Waals surface area contributed by atoms with Gasteiger partial charge in [-0.1, -0.05) is 17.7 Å². The van der Waals surface area contributed by atoms with Crippen molar-refractivity contribution >= 4 is 11.6 Å². The zero-order valence-electron chi connectivity index (χ0n) is 7.07. The first kappa shape index (κ1) is 8.78. The molecule has 0 saturated carbocycles. The molecule has 2 rings (SSSR count). The summed E-state index contributed by atoms with van der Waals surface area (Å²) in [6, 6.07) is 5.34. The van der Waals surface area contributed by atoms with Crippen molar-refractivity contribution in [2.75, 3.05) is 13.2 Å².